The number of hydrogen-bond acceptors (Lipinski definition) is 2. The summed E-state index contributed by atoms with van der Waals surface area (Å²) in [7, 11) is 1.57. The maximum absolute atomic E-state index is 10.9. The minimum atomic E-state index is -0.213. The van der Waals surface area contributed by atoms with E-state index in [-0.39, 0.29) is 8.54 Å². The van der Waals surface area contributed by atoms with Crippen LogP contribution in [0.15, 0.2) is 23.0 Å². The first-order chi connectivity index (χ1) is 6.81. The second-order valence-electron chi connectivity index (χ2n) is 2.46. The molecular weight excluding hydrogens is 180 g/mol. The molecule has 0 radical (unpaired) electrons. The van der Waals surface area contributed by atoms with Gasteiger partial charge in [-0.05, 0) is 12.1 Å². The molecule has 0 amide bonds. The maximum atomic E-state index is 10.9. The number of methoxy groups -OCH3 is 1. The molecule has 0 bridgehead atoms. The van der Waals surface area contributed by atoms with Crippen molar-refractivity contribution in [1.82, 2.24) is 9.97 Å². The van der Waals surface area contributed by atoms with Crippen LogP contribution in [0, 0.1) is 0 Å². The summed E-state index contributed by atoms with van der Waals surface area (Å²) in [6, 6.07) is 5.44. The average molecular weight is 198 g/mol. The number of hydrogen-bond donors (Lipinski definition) is 2. The molecule has 1 aromatic heterocycles. The normalized spacial score (nSPS) is 9.36. The van der Waals surface area contributed by atoms with E-state index in [4.69, 9.17) is 4.74 Å². The molecule has 2 N–H and O–H groups in total. The Morgan fingerprint density at radius 2 is 2.00 bits per heavy atom. The standard InChI is InChI=1S/C8H8N2O2.C2H6.2H2/c1-12-6-4-2-3-5-7(6)10-8(11)9-5;1-2;;/h2-4H,1H3,(H2,9,10,11);1-2H3;2*1H. The third-order valence-corrected chi connectivity index (χ3v) is 1.73. The van der Waals surface area contributed by atoms with Gasteiger partial charge >= 0.3 is 5.69 Å². The van der Waals surface area contributed by atoms with E-state index < -0.39 is 0 Å². The molecule has 2 rings (SSSR count). The summed E-state index contributed by atoms with van der Waals surface area (Å²) in [5.74, 6) is 0.672. The second kappa shape index (κ2) is 4.50. The van der Waals surface area contributed by atoms with E-state index in [0.717, 1.165) is 5.52 Å². The molecule has 1 aromatic carbocycles. The molecule has 4 nitrogen and oxygen atoms in total. The van der Waals surface area contributed by atoms with Gasteiger partial charge in [0.15, 0.2) is 0 Å². The van der Waals surface area contributed by atoms with Gasteiger partial charge < -0.3 is 14.7 Å². The monoisotopic (exact) mass is 198 g/mol. The Morgan fingerprint density at radius 1 is 1.29 bits per heavy atom. The molecule has 0 aliphatic heterocycles. The van der Waals surface area contributed by atoms with Crippen molar-refractivity contribution in [2.75, 3.05) is 7.11 Å². The lowest BCUT2D eigenvalue weighted by molar-refractivity contribution is 0.419. The van der Waals surface area contributed by atoms with Gasteiger partial charge in [-0.3, -0.25) is 0 Å². The van der Waals surface area contributed by atoms with E-state index in [0.29, 0.717) is 11.3 Å². The average Bonchev–Trinajstić information content (AvgIpc) is 2.60. The van der Waals surface area contributed by atoms with E-state index in [1.807, 2.05) is 26.0 Å². The minimum Gasteiger partial charge on any atom is -0.494 e. The number of fused-ring (bicyclic) bond motifs is 1. The molecule has 0 unspecified atom stereocenters. The first-order valence-electron chi connectivity index (χ1n) is 4.56. The largest absolute Gasteiger partial charge is 0.494 e. The third kappa shape index (κ3) is 1.79. The first-order valence-corrected chi connectivity index (χ1v) is 4.56. The van der Waals surface area contributed by atoms with Crippen molar-refractivity contribution in [2.45, 2.75) is 13.8 Å². The van der Waals surface area contributed by atoms with Gasteiger partial charge in [-0.15, -0.1) is 0 Å². The van der Waals surface area contributed by atoms with Crippen molar-refractivity contribution in [3.8, 4) is 5.75 Å². The zero-order chi connectivity index (χ0) is 10.6. The topological polar surface area (TPSA) is 57.9 Å². The van der Waals surface area contributed by atoms with Gasteiger partial charge in [0.1, 0.15) is 11.3 Å². The summed E-state index contributed by atoms with van der Waals surface area (Å²) >= 11 is 0. The zero-order valence-electron chi connectivity index (χ0n) is 8.55. The molecule has 0 aliphatic rings. The fourth-order valence-electron chi connectivity index (χ4n) is 1.20. The number of imidazole rings is 1. The van der Waals surface area contributed by atoms with Gasteiger partial charge in [0, 0.05) is 2.85 Å². The number of H-pyrrole nitrogens is 2. The highest BCUT2D eigenvalue weighted by atomic mass is 16.5. The highest BCUT2D eigenvalue weighted by Crippen LogP contribution is 2.19. The molecule has 14 heavy (non-hydrogen) atoms. The Hall–Kier alpha value is -1.71. The molecule has 0 atom stereocenters. The van der Waals surface area contributed by atoms with Gasteiger partial charge in [-0.1, -0.05) is 19.9 Å². The fourth-order valence-corrected chi connectivity index (χ4v) is 1.20. The Bertz CT molecular complexity index is 465. The van der Waals surface area contributed by atoms with Crippen LogP contribution in [0.1, 0.15) is 16.7 Å². The van der Waals surface area contributed by atoms with Crippen LogP contribution in [0.5, 0.6) is 5.75 Å². The molecule has 0 aliphatic carbocycles. The SMILES string of the molecule is CC.COc1cccc2[nH]c(=O)[nH]c12.[HH].[HH]. The molecule has 0 saturated carbocycles. The highest BCUT2D eigenvalue weighted by molar-refractivity contribution is 5.80. The number of nitrogens with one attached hydrogen (secondary N) is 2. The number of rotatable bonds is 1. The number of benzene rings is 1. The number of para-hydroxylation sites is 1. The fraction of sp³-hybridized carbons (Fsp3) is 0.300. The van der Waals surface area contributed by atoms with Crippen molar-refractivity contribution < 1.29 is 7.59 Å². The Morgan fingerprint density at radius 3 is 2.64 bits per heavy atom. The van der Waals surface area contributed by atoms with E-state index >= 15 is 0 Å². The van der Waals surface area contributed by atoms with Crippen molar-refractivity contribution >= 4 is 11.0 Å². The summed E-state index contributed by atoms with van der Waals surface area (Å²) in [6.07, 6.45) is 0. The predicted octanol–water partition coefficient (Wildman–Crippen LogP) is 2.38. The van der Waals surface area contributed by atoms with Crippen molar-refractivity contribution in [3.05, 3.63) is 28.7 Å². The third-order valence-electron chi connectivity index (χ3n) is 1.73. The van der Waals surface area contributed by atoms with Crippen molar-refractivity contribution in [3.63, 3.8) is 0 Å². The molecule has 0 saturated heterocycles. The van der Waals surface area contributed by atoms with Gasteiger partial charge in [-0.25, -0.2) is 4.79 Å². The smallest absolute Gasteiger partial charge is 0.323 e. The van der Waals surface area contributed by atoms with Crippen LogP contribution in [-0.4, -0.2) is 17.1 Å². The van der Waals surface area contributed by atoms with E-state index in [9.17, 15) is 4.79 Å². The molecule has 80 valence electrons. The lowest BCUT2D eigenvalue weighted by Gasteiger charge is -1.98. The molecule has 0 fully saturated rings. The Labute approximate surface area is 84.9 Å². The predicted molar refractivity (Wildman–Crippen MR) is 61.0 cm³/mol. The van der Waals surface area contributed by atoms with Gasteiger partial charge in [-0.2, -0.15) is 0 Å². The van der Waals surface area contributed by atoms with Crippen LogP contribution in [0.4, 0.5) is 0 Å². The van der Waals surface area contributed by atoms with Crippen LogP contribution in [0.25, 0.3) is 11.0 Å². The summed E-state index contributed by atoms with van der Waals surface area (Å²) < 4.78 is 5.05. The molecule has 0 spiro atoms. The van der Waals surface area contributed by atoms with Crippen molar-refractivity contribution in [1.29, 1.82) is 0 Å². The van der Waals surface area contributed by atoms with E-state index in [1.54, 1.807) is 13.2 Å². The minimum absolute atomic E-state index is 0. The van der Waals surface area contributed by atoms with Crippen LogP contribution in [0.2, 0.25) is 0 Å². The van der Waals surface area contributed by atoms with Crippen LogP contribution < -0.4 is 10.4 Å². The van der Waals surface area contributed by atoms with E-state index in [2.05, 4.69) is 9.97 Å². The molecule has 4 heteroatoms. The molecular formula is C10H18N2O2. The Kier molecular flexibility index (Phi) is 3.34. The van der Waals surface area contributed by atoms with Gasteiger partial charge in [0.25, 0.3) is 0 Å². The summed E-state index contributed by atoms with van der Waals surface area (Å²) in [5.41, 5.74) is 1.26. The number of aromatic amines is 2. The zero-order valence-corrected chi connectivity index (χ0v) is 8.55. The van der Waals surface area contributed by atoms with Crippen LogP contribution in [0.3, 0.4) is 0 Å². The number of aromatic nitrogens is 2. The van der Waals surface area contributed by atoms with Gasteiger partial charge in [0.05, 0.1) is 12.6 Å². The molecule has 1 heterocycles. The van der Waals surface area contributed by atoms with E-state index in [1.165, 1.54) is 0 Å². The Balaban J connectivity index is 0. The first kappa shape index (κ1) is 10.4. The van der Waals surface area contributed by atoms with Gasteiger partial charge in [0.2, 0.25) is 0 Å². The van der Waals surface area contributed by atoms with Crippen LogP contribution >= 0.6 is 0 Å². The quantitative estimate of drug-likeness (QED) is 0.739. The lowest BCUT2D eigenvalue weighted by atomic mass is 10.3. The second-order valence-corrected chi connectivity index (χ2v) is 2.46. The van der Waals surface area contributed by atoms with Crippen molar-refractivity contribution in [2.24, 2.45) is 0 Å². The summed E-state index contributed by atoms with van der Waals surface area (Å²) in [4.78, 5) is 16.2. The summed E-state index contributed by atoms with van der Waals surface area (Å²) in [5, 5.41) is 0. The molecule has 2 aromatic rings. The highest BCUT2D eigenvalue weighted by Gasteiger charge is 2.02. The van der Waals surface area contributed by atoms with Crippen LogP contribution in [-0.2, 0) is 0 Å². The number of ether oxygens (including phenoxy) is 1. The summed E-state index contributed by atoms with van der Waals surface area (Å²) in [6.45, 7) is 4.00. The lowest BCUT2D eigenvalue weighted by Crippen LogP contribution is -1.99. The maximum Gasteiger partial charge on any atom is 0.323 e.